The normalized spacial score (nSPS) is 17.6. The molecule has 0 spiro atoms. The minimum atomic E-state index is -0.883. The molecule has 0 aromatic rings. The van der Waals surface area contributed by atoms with Gasteiger partial charge in [-0.15, -0.1) is 0 Å². The Balaban J connectivity index is 4.94. The van der Waals surface area contributed by atoms with Crippen LogP contribution in [0.5, 0.6) is 0 Å². The quantitative estimate of drug-likeness (QED) is 0.550. The monoisotopic (exact) mass is 242 g/mol. The molecular weight excluding hydrogens is 220 g/mol. The molecule has 0 aliphatic rings. The number of ether oxygens (including phenoxy) is 1. The van der Waals surface area contributed by atoms with Gasteiger partial charge in [0.1, 0.15) is 5.60 Å². The molecule has 4 nitrogen and oxygen atoms in total. The van der Waals surface area contributed by atoms with E-state index in [1.165, 1.54) is 0 Å². The van der Waals surface area contributed by atoms with E-state index in [-0.39, 0.29) is 0 Å². The maximum absolute atomic E-state index is 11.2. The van der Waals surface area contributed by atoms with Crippen molar-refractivity contribution in [3.63, 3.8) is 0 Å². The first kappa shape index (κ1) is 15.7. The van der Waals surface area contributed by atoms with Gasteiger partial charge < -0.3 is 9.84 Å². The van der Waals surface area contributed by atoms with Crippen LogP contribution in [0.2, 0.25) is 0 Å². The third-order valence-corrected chi connectivity index (χ3v) is 3.32. The molecule has 0 aromatic heterocycles. The van der Waals surface area contributed by atoms with Gasteiger partial charge in [-0.3, -0.25) is 4.79 Å². The molecule has 98 valence electrons. The van der Waals surface area contributed by atoms with Crippen LogP contribution in [0.3, 0.4) is 0 Å². The van der Waals surface area contributed by atoms with Gasteiger partial charge in [0.15, 0.2) is 0 Å². The summed E-state index contributed by atoms with van der Waals surface area (Å²) in [4.78, 5) is 22.5. The van der Waals surface area contributed by atoms with Crippen LogP contribution in [0, 0.1) is 5.41 Å². The predicted octanol–water partition coefficient (Wildman–Crippen LogP) is 2.78. The highest BCUT2D eigenvalue weighted by molar-refractivity contribution is 5.81. The standard InChI is InChI=1S/C13H22O4/c1-6-10(14)17-13(5,8-3)9-12(4,7-2)11(15)16/h6H,1,7-9H2,2-5H3,(H,15,16). The lowest BCUT2D eigenvalue weighted by Gasteiger charge is -2.35. The van der Waals surface area contributed by atoms with Gasteiger partial charge in [0.25, 0.3) is 0 Å². The Kier molecular flexibility index (Phi) is 5.39. The van der Waals surface area contributed by atoms with Crippen molar-refractivity contribution in [2.75, 3.05) is 0 Å². The van der Waals surface area contributed by atoms with E-state index >= 15 is 0 Å². The molecule has 0 bridgehead atoms. The summed E-state index contributed by atoms with van der Waals surface area (Å²) in [6, 6.07) is 0. The van der Waals surface area contributed by atoms with E-state index in [2.05, 4.69) is 6.58 Å². The first-order valence-corrected chi connectivity index (χ1v) is 5.82. The summed E-state index contributed by atoms with van der Waals surface area (Å²) >= 11 is 0. The van der Waals surface area contributed by atoms with Crippen molar-refractivity contribution < 1.29 is 19.4 Å². The van der Waals surface area contributed by atoms with Crippen molar-refractivity contribution in [3.8, 4) is 0 Å². The molecule has 0 aliphatic heterocycles. The van der Waals surface area contributed by atoms with Gasteiger partial charge in [0, 0.05) is 12.5 Å². The average Bonchev–Trinajstić information content (AvgIpc) is 2.28. The highest BCUT2D eigenvalue weighted by Gasteiger charge is 2.40. The van der Waals surface area contributed by atoms with E-state index in [0.717, 1.165) is 6.08 Å². The summed E-state index contributed by atoms with van der Waals surface area (Å²) in [5, 5.41) is 9.22. The Morgan fingerprint density at radius 1 is 1.29 bits per heavy atom. The second-order valence-corrected chi connectivity index (χ2v) is 4.82. The van der Waals surface area contributed by atoms with E-state index in [4.69, 9.17) is 4.74 Å². The van der Waals surface area contributed by atoms with Crippen molar-refractivity contribution >= 4 is 11.9 Å². The molecular formula is C13H22O4. The summed E-state index contributed by atoms with van der Waals surface area (Å²) < 4.78 is 5.26. The van der Waals surface area contributed by atoms with E-state index < -0.39 is 23.0 Å². The van der Waals surface area contributed by atoms with Crippen LogP contribution in [0.15, 0.2) is 12.7 Å². The number of esters is 1. The molecule has 0 amide bonds. The number of carboxylic acid groups (broad SMARTS) is 1. The highest BCUT2D eigenvalue weighted by atomic mass is 16.6. The third kappa shape index (κ3) is 4.21. The lowest BCUT2D eigenvalue weighted by Crippen LogP contribution is -2.40. The molecule has 2 atom stereocenters. The number of carboxylic acids is 1. The molecule has 0 heterocycles. The van der Waals surface area contributed by atoms with Crippen LogP contribution >= 0.6 is 0 Å². The molecule has 0 fully saturated rings. The predicted molar refractivity (Wildman–Crippen MR) is 65.6 cm³/mol. The minimum Gasteiger partial charge on any atom is -0.481 e. The van der Waals surface area contributed by atoms with Crippen LogP contribution in [-0.4, -0.2) is 22.6 Å². The molecule has 1 N–H and O–H groups in total. The summed E-state index contributed by atoms with van der Waals surface area (Å²) in [6.07, 6.45) is 2.44. The SMILES string of the molecule is C=CC(=O)OC(C)(CC)CC(C)(CC)C(=O)O. The minimum absolute atomic E-state index is 0.294. The number of carbonyl (C=O) groups excluding carboxylic acids is 1. The Labute approximate surface area is 103 Å². The lowest BCUT2D eigenvalue weighted by atomic mass is 9.76. The number of aliphatic carboxylic acids is 1. The number of carbonyl (C=O) groups is 2. The first-order chi connectivity index (χ1) is 7.73. The average molecular weight is 242 g/mol. The van der Waals surface area contributed by atoms with Gasteiger partial charge in [-0.05, 0) is 26.7 Å². The van der Waals surface area contributed by atoms with Crippen molar-refractivity contribution in [1.29, 1.82) is 0 Å². The Bertz CT molecular complexity index is 311. The van der Waals surface area contributed by atoms with Gasteiger partial charge >= 0.3 is 11.9 Å². The van der Waals surface area contributed by atoms with Crippen molar-refractivity contribution in [2.45, 2.75) is 52.6 Å². The number of hydrogen-bond acceptors (Lipinski definition) is 3. The van der Waals surface area contributed by atoms with Gasteiger partial charge in [-0.25, -0.2) is 4.79 Å². The van der Waals surface area contributed by atoms with Gasteiger partial charge in [0.2, 0.25) is 0 Å². The molecule has 2 unspecified atom stereocenters. The lowest BCUT2D eigenvalue weighted by molar-refractivity contribution is -0.164. The van der Waals surface area contributed by atoms with Crippen molar-refractivity contribution in [2.24, 2.45) is 5.41 Å². The zero-order chi connectivity index (χ0) is 13.7. The van der Waals surface area contributed by atoms with Gasteiger partial charge in [-0.1, -0.05) is 20.4 Å². The topological polar surface area (TPSA) is 63.6 Å². The Morgan fingerprint density at radius 3 is 2.12 bits per heavy atom. The zero-order valence-corrected chi connectivity index (χ0v) is 11.1. The summed E-state index contributed by atoms with van der Waals surface area (Å²) in [7, 11) is 0. The smallest absolute Gasteiger partial charge is 0.330 e. The van der Waals surface area contributed by atoms with Gasteiger partial charge in [-0.2, -0.15) is 0 Å². The molecule has 17 heavy (non-hydrogen) atoms. The van der Waals surface area contributed by atoms with Crippen LogP contribution < -0.4 is 0 Å². The summed E-state index contributed by atoms with van der Waals surface area (Å²) in [6.45, 7) is 10.5. The largest absolute Gasteiger partial charge is 0.481 e. The second kappa shape index (κ2) is 5.84. The number of rotatable bonds is 7. The first-order valence-electron chi connectivity index (χ1n) is 5.82. The molecule has 0 aromatic carbocycles. The molecule has 0 saturated heterocycles. The molecule has 4 heteroatoms. The highest BCUT2D eigenvalue weighted by Crippen LogP contribution is 2.36. The third-order valence-electron chi connectivity index (χ3n) is 3.32. The maximum atomic E-state index is 11.2. The molecule has 0 radical (unpaired) electrons. The van der Waals surface area contributed by atoms with E-state index in [0.29, 0.717) is 19.3 Å². The van der Waals surface area contributed by atoms with Crippen molar-refractivity contribution in [3.05, 3.63) is 12.7 Å². The van der Waals surface area contributed by atoms with Gasteiger partial charge in [0.05, 0.1) is 5.41 Å². The van der Waals surface area contributed by atoms with Crippen LogP contribution in [0.1, 0.15) is 47.0 Å². The fraction of sp³-hybridized carbons (Fsp3) is 0.692. The molecule has 0 rings (SSSR count). The molecule has 0 saturated carbocycles. The molecule has 0 aliphatic carbocycles. The van der Waals surface area contributed by atoms with E-state index in [9.17, 15) is 14.7 Å². The second-order valence-electron chi connectivity index (χ2n) is 4.82. The van der Waals surface area contributed by atoms with E-state index in [1.807, 2.05) is 13.8 Å². The van der Waals surface area contributed by atoms with Crippen molar-refractivity contribution in [1.82, 2.24) is 0 Å². The summed E-state index contributed by atoms with van der Waals surface area (Å²) in [5.41, 5.74) is -1.65. The van der Waals surface area contributed by atoms with Crippen LogP contribution in [-0.2, 0) is 14.3 Å². The zero-order valence-electron chi connectivity index (χ0n) is 11.1. The Hall–Kier alpha value is -1.32. The fourth-order valence-electron chi connectivity index (χ4n) is 1.69. The maximum Gasteiger partial charge on any atom is 0.330 e. The van der Waals surface area contributed by atoms with Crippen LogP contribution in [0.25, 0.3) is 0 Å². The Morgan fingerprint density at radius 2 is 1.82 bits per heavy atom. The van der Waals surface area contributed by atoms with Crippen LogP contribution in [0.4, 0.5) is 0 Å². The fourth-order valence-corrected chi connectivity index (χ4v) is 1.69. The number of hydrogen-bond donors (Lipinski definition) is 1. The van der Waals surface area contributed by atoms with E-state index in [1.54, 1.807) is 13.8 Å². The summed E-state index contributed by atoms with van der Waals surface area (Å²) in [5.74, 6) is -1.38.